The standard InChI is InChI=1S/C15H13BrO2/c1-10-7-8-12(16)9-15(10)18-14-6-4-3-5-13(14)11(2)17/h3-9H,1-2H3. The number of carbonyl (C=O) groups excluding carboxylic acids is 1. The van der Waals surface area contributed by atoms with Crippen molar-refractivity contribution in [3.63, 3.8) is 0 Å². The third kappa shape index (κ3) is 2.79. The van der Waals surface area contributed by atoms with Gasteiger partial charge in [-0.15, -0.1) is 0 Å². The predicted molar refractivity (Wildman–Crippen MR) is 75.4 cm³/mol. The van der Waals surface area contributed by atoms with Crippen LogP contribution in [-0.4, -0.2) is 5.78 Å². The predicted octanol–water partition coefficient (Wildman–Crippen LogP) is 4.75. The minimum atomic E-state index is -0.00162. The second kappa shape index (κ2) is 5.36. The first-order valence-electron chi connectivity index (χ1n) is 5.62. The number of hydrogen-bond donors (Lipinski definition) is 0. The third-order valence-electron chi connectivity index (χ3n) is 2.64. The first-order chi connectivity index (χ1) is 8.58. The van der Waals surface area contributed by atoms with Crippen LogP contribution >= 0.6 is 15.9 Å². The zero-order valence-electron chi connectivity index (χ0n) is 10.2. The van der Waals surface area contributed by atoms with Gasteiger partial charge >= 0.3 is 0 Å². The lowest BCUT2D eigenvalue weighted by Crippen LogP contribution is -1.97. The Morgan fingerprint density at radius 3 is 2.56 bits per heavy atom. The Labute approximate surface area is 115 Å². The molecule has 0 amide bonds. The molecule has 0 unspecified atom stereocenters. The van der Waals surface area contributed by atoms with Gasteiger partial charge in [-0.2, -0.15) is 0 Å². The molecule has 2 rings (SSSR count). The molecular formula is C15H13BrO2. The molecule has 0 aliphatic carbocycles. The third-order valence-corrected chi connectivity index (χ3v) is 3.13. The van der Waals surface area contributed by atoms with E-state index in [0.717, 1.165) is 15.8 Å². The van der Waals surface area contributed by atoms with Crippen molar-refractivity contribution < 1.29 is 9.53 Å². The van der Waals surface area contributed by atoms with Gasteiger partial charge in [0.05, 0.1) is 5.56 Å². The molecule has 0 atom stereocenters. The Hall–Kier alpha value is -1.61. The highest BCUT2D eigenvalue weighted by atomic mass is 79.9. The zero-order chi connectivity index (χ0) is 13.1. The van der Waals surface area contributed by atoms with E-state index in [0.29, 0.717) is 11.3 Å². The average Bonchev–Trinajstić information content (AvgIpc) is 2.34. The number of benzene rings is 2. The molecule has 0 radical (unpaired) electrons. The fourth-order valence-electron chi connectivity index (χ4n) is 1.65. The minimum absolute atomic E-state index is 0.00162. The summed E-state index contributed by atoms with van der Waals surface area (Å²) in [5.41, 5.74) is 1.62. The van der Waals surface area contributed by atoms with Crippen LogP contribution in [0.5, 0.6) is 11.5 Å². The molecule has 3 heteroatoms. The first kappa shape index (κ1) is 12.8. The SMILES string of the molecule is CC(=O)c1ccccc1Oc1cc(Br)ccc1C. The molecule has 18 heavy (non-hydrogen) atoms. The van der Waals surface area contributed by atoms with E-state index in [1.807, 2.05) is 37.3 Å². The number of para-hydroxylation sites is 1. The van der Waals surface area contributed by atoms with Gasteiger partial charge in [0.1, 0.15) is 11.5 Å². The molecule has 92 valence electrons. The van der Waals surface area contributed by atoms with Gasteiger partial charge in [0.25, 0.3) is 0 Å². The van der Waals surface area contributed by atoms with E-state index in [-0.39, 0.29) is 5.78 Å². The van der Waals surface area contributed by atoms with Crippen LogP contribution < -0.4 is 4.74 Å². The number of halogens is 1. The molecule has 0 saturated heterocycles. The quantitative estimate of drug-likeness (QED) is 0.765. The fraction of sp³-hybridized carbons (Fsp3) is 0.133. The molecule has 2 nitrogen and oxygen atoms in total. The fourth-order valence-corrected chi connectivity index (χ4v) is 1.99. The lowest BCUT2D eigenvalue weighted by molar-refractivity contribution is 0.101. The highest BCUT2D eigenvalue weighted by Crippen LogP contribution is 2.30. The van der Waals surface area contributed by atoms with Gasteiger partial charge in [0.15, 0.2) is 5.78 Å². The van der Waals surface area contributed by atoms with Crippen LogP contribution in [0.1, 0.15) is 22.8 Å². The van der Waals surface area contributed by atoms with Crippen molar-refractivity contribution in [2.45, 2.75) is 13.8 Å². The largest absolute Gasteiger partial charge is 0.456 e. The molecule has 0 fully saturated rings. The molecule has 0 saturated carbocycles. The van der Waals surface area contributed by atoms with E-state index >= 15 is 0 Å². The lowest BCUT2D eigenvalue weighted by Gasteiger charge is -2.11. The number of ketones is 1. The summed E-state index contributed by atoms with van der Waals surface area (Å²) < 4.78 is 6.78. The Morgan fingerprint density at radius 1 is 1.11 bits per heavy atom. The van der Waals surface area contributed by atoms with Crippen molar-refractivity contribution in [2.24, 2.45) is 0 Å². The van der Waals surface area contributed by atoms with Gasteiger partial charge in [-0.1, -0.05) is 34.1 Å². The van der Waals surface area contributed by atoms with Gasteiger partial charge in [-0.05, 0) is 43.7 Å². The molecule has 0 N–H and O–H groups in total. The second-order valence-corrected chi connectivity index (χ2v) is 4.98. The minimum Gasteiger partial charge on any atom is -0.456 e. The van der Waals surface area contributed by atoms with Gasteiger partial charge < -0.3 is 4.74 Å². The summed E-state index contributed by atoms with van der Waals surface area (Å²) in [4.78, 5) is 11.5. The molecular weight excluding hydrogens is 292 g/mol. The van der Waals surface area contributed by atoms with Crippen molar-refractivity contribution in [3.8, 4) is 11.5 Å². The van der Waals surface area contributed by atoms with E-state index in [4.69, 9.17) is 4.74 Å². The van der Waals surface area contributed by atoms with Gasteiger partial charge in [-0.25, -0.2) is 0 Å². The summed E-state index contributed by atoms with van der Waals surface area (Å²) in [6, 6.07) is 13.1. The van der Waals surface area contributed by atoms with Crippen LogP contribution in [0.2, 0.25) is 0 Å². The number of rotatable bonds is 3. The van der Waals surface area contributed by atoms with Crippen LogP contribution in [0.4, 0.5) is 0 Å². The summed E-state index contributed by atoms with van der Waals surface area (Å²) in [6.07, 6.45) is 0. The molecule has 0 aromatic heterocycles. The van der Waals surface area contributed by atoms with Gasteiger partial charge in [0, 0.05) is 4.47 Å². The number of hydrogen-bond acceptors (Lipinski definition) is 2. The van der Waals surface area contributed by atoms with E-state index in [2.05, 4.69) is 15.9 Å². The maximum Gasteiger partial charge on any atom is 0.163 e. The molecule has 0 aliphatic rings. The zero-order valence-corrected chi connectivity index (χ0v) is 11.8. The summed E-state index contributed by atoms with van der Waals surface area (Å²) in [7, 11) is 0. The molecule has 2 aromatic rings. The molecule has 0 heterocycles. The van der Waals surface area contributed by atoms with Crippen LogP contribution in [-0.2, 0) is 0 Å². The van der Waals surface area contributed by atoms with Crippen molar-refractivity contribution >= 4 is 21.7 Å². The summed E-state index contributed by atoms with van der Waals surface area (Å²) >= 11 is 3.41. The summed E-state index contributed by atoms with van der Waals surface area (Å²) in [6.45, 7) is 3.51. The van der Waals surface area contributed by atoms with Crippen LogP contribution in [0.3, 0.4) is 0 Å². The van der Waals surface area contributed by atoms with E-state index in [1.54, 1.807) is 12.1 Å². The van der Waals surface area contributed by atoms with Crippen molar-refractivity contribution in [1.29, 1.82) is 0 Å². The molecule has 2 aromatic carbocycles. The Morgan fingerprint density at radius 2 is 1.83 bits per heavy atom. The molecule has 0 bridgehead atoms. The summed E-state index contributed by atoms with van der Waals surface area (Å²) in [5, 5.41) is 0. The highest BCUT2D eigenvalue weighted by molar-refractivity contribution is 9.10. The van der Waals surface area contributed by atoms with Crippen LogP contribution in [0.15, 0.2) is 46.9 Å². The maximum absolute atomic E-state index is 11.5. The Balaban J connectivity index is 2.40. The Kier molecular flexibility index (Phi) is 3.82. The number of ether oxygens (including phenoxy) is 1. The van der Waals surface area contributed by atoms with E-state index in [1.165, 1.54) is 6.92 Å². The van der Waals surface area contributed by atoms with E-state index in [9.17, 15) is 4.79 Å². The van der Waals surface area contributed by atoms with Gasteiger partial charge in [-0.3, -0.25) is 4.79 Å². The van der Waals surface area contributed by atoms with Crippen molar-refractivity contribution in [1.82, 2.24) is 0 Å². The monoisotopic (exact) mass is 304 g/mol. The van der Waals surface area contributed by atoms with Crippen molar-refractivity contribution in [3.05, 3.63) is 58.1 Å². The number of carbonyl (C=O) groups is 1. The number of Topliss-reactive ketones (excluding diaryl/α,β-unsaturated/α-hetero) is 1. The topological polar surface area (TPSA) is 26.3 Å². The second-order valence-electron chi connectivity index (χ2n) is 4.06. The summed E-state index contributed by atoms with van der Waals surface area (Å²) in [5.74, 6) is 1.34. The smallest absolute Gasteiger partial charge is 0.163 e. The first-order valence-corrected chi connectivity index (χ1v) is 6.41. The highest BCUT2D eigenvalue weighted by Gasteiger charge is 2.09. The lowest BCUT2D eigenvalue weighted by atomic mass is 10.1. The number of aryl methyl sites for hydroxylation is 1. The Bertz CT molecular complexity index is 591. The van der Waals surface area contributed by atoms with Crippen LogP contribution in [0.25, 0.3) is 0 Å². The van der Waals surface area contributed by atoms with Crippen molar-refractivity contribution in [2.75, 3.05) is 0 Å². The maximum atomic E-state index is 11.5. The normalized spacial score (nSPS) is 10.2. The van der Waals surface area contributed by atoms with E-state index < -0.39 is 0 Å². The molecule has 0 aliphatic heterocycles. The average molecular weight is 305 g/mol. The molecule has 0 spiro atoms. The van der Waals surface area contributed by atoms with Gasteiger partial charge in [0.2, 0.25) is 0 Å². The van der Waals surface area contributed by atoms with Crippen LogP contribution in [0, 0.1) is 6.92 Å².